The highest BCUT2D eigenvalue weighted by molar-refractivity contribution is 7.92. The summed E-state index contributed by atoms with van der Waals surface area (Å²) in [4.78, 5) is 4.37. The van der Waals surface area contributed by atoms with Gasteiger partial charge in [0.2, 0.25) is 0 Å². The molecule has 5 nitrogen and oxygen atoms in total. The third kappa shape index (κ3) is 6.68. The van der Waals surface area contributed by atoms with E-state index in [1.165, 1.54) is 0 Å². The van der Waals surface area contributed by atoms with Gasteiger partial charge in [0.25, 0.3) is 0 Å². The molecule has 0 aliphatic carbocycles. The van der Waals surface area contributed by atoms with Crippen LogP contribution in [0.25, 0.3) is 0 Å². The lowest BCUT2D eigenvalue weighted by molar-refractivity contribution is 0.560. The molecule has 0 radical (unpaired) electrons. The van der Waals surface area contributed by atoms with Crippen molar-refractivity contribution in [3.8, 4) is 0 Å². The minimum absolute atomic E-state index is 0.00816. The Morgan fingerprint density at radius 1 is 1.24 bits per heavy atom. The van der Waals surface area contributed by atoms with E-state index in [4.69, 9.17) is 23.2 Å². The van der Waals surface area contributed by atoms with Crippen LogP contribution in [-0.4, -0.2) is 38.0 Å². The van der Waals surface area contributed by atoms with Crippen molar-refractivity contribution in [3.63, 3.8) is 0 Å². The fraction of sp³-hybridized carbons (Fsp3) is 0.588. The summed E-state index contributed by atoms with van der Waals surface area (Å²) in [5.41, 5.74) is 0.960. The van der Waals surface area contributed by atoms with E-state index in [9.17, 15) is 8.42 Å². The number of nitrogens with zero attached hydrogens (tertiary/aromatic N) is 1. The van der Waals surface area contributed by atoms with Gasteiger partial charge in [0.05, 0.1) is 33.1 Å². The topological polar surface area (TPSA) is 70.6 Å². The summed E-state index contributed by atoms with van der Waals surface area (Å²) in [6.45, 7) is 9.88. The number of guanidine groups is 1. The van der Waals surface area contributed by atoms with Crippen molar-refractivity contribution in [2.24, 2.45) is 4.99 Å². The molecule has 0 bridgehead atoms. The van der Waals surface area contributed by atoms with Crippen LogP contribution < -0.4 is 10.6 Å². The standard InChI is InChI=1S/C17H27Cl2N3O2S/c1-6-20-16(21-9-10-25(23,24)17(3,4)5)22-12(2)13-7-8-14(18)15(19)11-13/h7-8,11-12H,6,9-10H2,1-5H3,(H2,20,21,22). The van der Waals surface area contributed by atoms with Gasteiger partial charge in [-0.25, -0.2) is 8.42 Å². The molecule has 1 atom stereocenters. The normalized spacial score (nSPS) is 14.3. The highest BCUT2D eigenvalue weighted by Gasteiger charge is 2.28. The fourth-order valence-corrected chi connectivity index (χ4v) is 3.22. The molecular formula is C17H27Cl2N3O2S. The average Bonchev–Trinajstić information content (AvgIpc) is 2.48. The first-order chi connectivity index (χ1) is 11.5. The maximum atomic E-state index is 12.2. The van der Waals surface area contributed by atoms with Gasteiger partial charge in [0.1, 0.15) is 0 Å². The number of rotatable bonds is 6. The summed E-state index contributed by atoms with van der Waals surface area (Å²) in [6.07, 6.45) is 0. The minimum Gasteiger partial charge on any atom is -0.357 e. The van der Waals surface area contributed by atoms with Crippen LogP contribution in [0.15, 0.2) is 23.2 Å². The molecule has 1 aromatic carbocycles. The highest BCUT2D eigenvalue weighted by atomic mass is 35.5. The van der Waals surface area contributed by atoms with Gasteiger partial charge in [-0.3, -0.25) is 4.99 Å². The van der Waals surface area contributed by atoms with Crippen LogP contribution in [0.3, 0.4) is 0 Å². The average molecular weight is 408 g/mol. The van der Waals surface area contributed by atoms with Crippen molar-refractivity contribution in [2.45, 2.75) is 45.4 Å². The number of sulfone groups is 1. The van der Waals surface area contributed by atoms with Crippen molar-refractivity contribution in [3.05, 3.63) is 33.8 Å². The van der Waals surface area contributed by atoms with E-state index in [2.05, 4.69) is 15.6 Å². The summed E-state index contributed by atoms with van der Waals surface area (Å²) in [6, 6.07) is 5.37. The van der Waals surface area contributed by atoms with Crippen LogP contribution in [0.4, 0.5) is 0 Å². The molecule has 0 aliphatic heterocycles. The number of nitrogens with one attached hydrogen (secondary N) is 2. The molecule has 0 heterocycles. The zero-order chi connectivity index (χ0) is 19.3. The van der Waals surface area contributed by atoms with Crippen molar-refractivity contribution in [1.29, 1.82) is 0 Å². The Bertz CT molecular complexity index is 713. The van der Waals surface area contributed by atoms with Crippen LogP contribution in [-0.2, 0) is 9.84 Å². The first-order valence-electron chi connectivity index (χ1n) is 8.20. The van der Waals surface area contributed by atoms with Crippen LogP contribution in [0.1, 0.15) is 46.2 Å². The molecule has 2 N–H and O–H groups in total. The van der Waals surface area contributed by atoms with Gasteiger partial charge >= 0.3 is 0 Å². The van der Waals surface area contributed by atoms with E-state index in [1.54, 1.807) is 32.9 Å². The summed E-state index contributed by atoms with van der Waals surface area (Å²) in [7, 11) is -3.19. The molecule has 0 aromatic heterocycles. The molecule has 0 saturated carbocycles. The molecule has 142 valence electrons. The fourth-order valence-electron chi connectivity index (χ4n) is 1.97. The molecule has 8 heteroatoms. The maximum Gasteiger partial charge on any atom is 0.191 e. The highest BCUT2D eigenvalue weighted by Crippen LogP contribution is 2.25. The Balaban J connectivity index is 2.80. The Morgan fingerprint density at radius 3 is 2.40 bits per heavy atom. The van der Waals surface area contributed by atoms with E-state index in [1.807, 2.05) is 19.9 Å². The first kappa shape index (κ1) is 22.1. The molecule has 1 aromatic rings. The lowest BCUT2D eigenvalue weighted by atomic mass is 10.1. The number of hydrogen-bond acceptors (Lipinski definition) is 3. The first-order valence-corrected chi connectivity index (χ1v) is 10.6. The summed E-state index contributed by atoms with van der Waals surface area (Å²) in [5.74, 6) is 0.569. The van der Waals surface area contributed by atoms with Gasteiger partial charge < -0.3 is 10.6 Å². The lowest BCUT2D eigenvalue weighted by Crippen LogP contribution is -2.39. The zero-order valence-electron chi connectivity index (χ0n) is 15.4. The second kappa shape index (κ2) is 9.10. The van der Waals surface area contributed by atoms with E-state index in [-0.39, 0.29) is 18.3 Å². The van der Waals surface area contributed by atoms with E-state index >= 15 is 0 Å². The largest absolute Gasteiger partial charge is 0.357 e. The minimum atomic E-state index is -3.19. The predicted octanol–water partition coefficient (Wildman–Crippen LogP) is 3.82. The Morgan fingerprint density at radius 2 is 1.88 bits per heavy atom. The van der Waals surface area contributed by atoms with Crippen molar-refractivity contribution in [1.82, 2.24) is 10.6 Å². The predicted molar refractivity (Wildman–Crippen MR) is 108 cm³/mol. The smallest absolute Gasteiger partial charge is 0.191 e. The van der Waals surface area contributed by atoms with Gasteiger partial charge in [0, 0.05) is 6.54 Å². The van der Waals surface area contributed by atoms with E-state index in [0.29, 0.717) is 22.5 Å². The SMILES string of the molecule is CCNC(=NCCS(=O)(=O)C(C)(C)C)NC(C)c1ccc(Cl)c(Cl)c1. The van der Waals surface area contributed by atoms with Crippen molar-refractivity contribution in [2.75, 3.05) is 18.8 Å². The molecule has 0 spiro atoms. The summed E-state index contributed by atoms with van der Waals surface area (Å²) < 4.78 is 23.6. The zero-order valence-corrected chi connectivity index (χ0v) is 17.7. The third-order valence-electron chi connectivity index (χ3n) is 3.70. The summed E-state index contributed by atoms with van der Waals surface area (Å²) >= 11 is 12.0. The van der Waals surface area contributed by atoms with Gasteiger partial charge in [-0.2, -0.15) is 0 Å². The molecule has 0 amide bonds. The lowest BCUT2D eigenvalue weighted by Gasteiger charge is -2.20. The van der Waals surface area contributed by atoms with Gasteiger partial charge in [-0.05, 0) is 52.3 Å². The van der Waals surface area contributed by atoms with Gasteiger partial charge in [-0.15, -0.1) is 0 Å². The quantitative estimate of drug-likeness (QED) is 0.555. The Labute approximate surface area is 161 Å². The molecule has 0 saturated heterocycles. The number of halogens is 2. The second-order valence-corrected chi connectivity index (χ2v) is 10.4. The van der Waals surface area contributed by atoms with Crippen molar-refractivity contribution >= 4 is 39.0 Å². The maximum absolute atomic E-state index is 12.2. The molecular weight excluding hydrogens is 381 g/mol. The molecule has 25 heavy (non-hydrogen) atoms. The monoisotopic (exact) mass is 407 g/mol. The molecule has 1 rings (SSSR count). The Kier molecular flexibility index (Phi) is 8.03. The second-order valence-electron chi connectivity index (χ2n) is 6.73. The van der Waals surface area contributed by atoms with Crippen LogP contribution in [0.5, 0.6) is 0 Å². The number of hydrogen-bond donors (Lipinski definition) is 2. The van der Waals surface area contributed by atoms with Gasteiger partial charge in [-0.1, -0.05) is 29.3 Å². The summed E-state index contributed by atoms with van der Waals surface area (Å²) in [5, 5.41) is 7.36. The van der Waals surface area contributed by atoms with Crippen LogP contribution >= 0.6 is 23.2 Å². The molecule has 0 fully saturated rings. The Hall–Kier alpha value is -0.980. The van der Waals surface area contributed by atoms with E-state index < -0.39 is 14.6 Å². The van der Waals surface area contributed by atoms with Crippen LogP contribution in [0.2, 0.25) is 10.0 Å². The van der Waals surface area contributed by atoms with Crippen molar-refractivity contribution < 1.29 is 8.42 Å². The number of benzene rings is 1. The molecule has 0 aliphatic rings. The van der Waals surface area contributed by atoms with Crippen LogP contribution in [0, 0.1) is 0 Å². The number of aliphatic imine (C=N–C) groups is 1. The van der Waals surface area contributed by atoms with Gasteiger partial charge in [0.15, 0.2) is 15.8 Å². The third-order valence-corrected chi connectivity index (χ3v) is 7.03. The van der Waals surface area contributed by atoms with E-state index in [0.717, 1.165) is 5.56 Å². The molecule has 1 unspecified atom stereocenters.